The molecule has 1 saturated heterocycles. The van der Waals surface area contributed by atoms with E-state index in [1.807, 2.05) is 58.1 Å². The molecule has 1 amide bonds. The second-order valence-electron chi connectivity index (χ2n) is 5.63. The van der Waals surface area contributed by atoms with E-state index >= 15 is 0 Å². The average Bonchev–Trinajstić information content (AvgIpc) is 3.26. The molecule has 1 aliphatic heterocycles. The monoisotopic (exact) mass is 324 g/mol. The number of nitrogens with zero attached hydrogens (tertiary/aromatic N) is 2. The quantitative estimate of drug-likeness (QED) is 0.739. The number of fused-ring (bicyclic) bond motifs is 1. The van der Waals surface area contributed by atoms with E-state index in [2.05, 4.69) is 4.98 Å². The van der Waals surface area contributed by atoms with Gasteiger partial charge in [0, 0.05) is 29.8 Å². The van der Waals surface area contributed by atoms with Crippen LogP contribution in [-0.2, 0) is 0 Å². The highest BCUT2D eigenvalue weighted by atomic mass is 32.1. The summed E-state index contributed by atoms with van der Waals surface area (Å²) in [6.07, 6.45) is 0.843. The lowest BCUT2D eigenvalue weighted by Gasteiger charge is -2.16. The van der Waals surface area contributed by atoms with Crippen molar-refractivity contribution in [2.24, 2.45) is 0 Å². The number of amides is 1. The average molecular weight is 324 g/mol. The van der Waals surface area contributed by atoms with Crippen molar-refractivity contribution in [1.29, 1.82) is 0 Å². The first-order valence-electron chi connectivity index (χ1n) is 7.63. The number of benzene rings is 1. The Balaban J connectivity index is 1.44. The molecule has 0 saturated carbocycles. The molecule has 0 N–H and O–H groups in total. The van der Waals surface area contributed by atoms with Crippen LogP contribution < -0.4 is 4.74 Å². The number of pyridine rings is 1. The zero-order chi connectivity index (χ0) is 15.6. The molecule has 0 spiro atoms. The molecule has 3 aromatic rings. The van der Waals surface area contributed by atoms with Crippen molar-refractivity contribution in [2.45, 2.75) is 12.5 Å². The lowest BCUT2D eigenvalue weighted by Crippen LogP contribution is -2.30. The maximum absolute atomic E-state index is 12.3. The molecule has 0 aliphatic carbocycles. The maximum atomic E-state index is 12.3. The molecule has 1 aromatic carbocycles. The SMILES string of the molecule is O=C(c1ccsc1)N1CCC(Oc2ccc3ccccc3n2)C1. The van der Waals surface area contributed by atoms with Crippen LogP contribution in [0.3, 0.4) is 0 Å². The van der Waals surface area contributed by atoms with Gasteiger partial charge in [0.1, 0.15) is 6.10 Å². The first-order chi connectivity index (χ1) is 11.3. The van der Waals surface area contributed by atoms with Gasteiger partial charge >= 0.3 is 0 Å². The van der Waals surface area contributed by atoms with E-state index < -0.39 is 0 Å². The number of carbonyl (C=O) groups excluding carboxylic acids is 1. The minimum absolute atomic E-state index is 0.00579. The first-order valence-corrected chi connectivity index (χ1v) is 8.58. The van der Waals surface area contributed by atoms with Crippen molar-refractivity contribution in [2.75, 3.05) is 13.1 Å². The van der Waals surface area contributed by atoms with Crippen molar-refractivity contribution in [3.05, 3.63) is 58.8 Å². The number of hydrogen-bond acceptors (Lipinski definition) is 4. The fourth-order valence-electron chi connectivity index (χ4n) is 2.86. The number of thiophene rings is 1. The van der Waals surface area contributed by atoms with Crippen LogP contribution in [0.1, 0.15) is 16.8 Å². The van der Waals surface area contributed by atoms with E-state index in [0.717, 1.165) is 29.4 Å². The molecule has 5 heteroatoms. The minimum atomic E-state index is 0.00579. The van der Waals surface area contributed by atoms with Gasteiger partial charge in [0.05, 0.1) is 17.6 Å². The van der Waals surface area contributed by atoms with Crippen molar-refractivity contribution < 1.29 is 9.53 Å². The number of aromatic nitrogens is 1. The minimum Gasteiger partial charge on any atom is -0.472 e. The molecule has 0 radical (unpaired) electrons. The molecule has 1 unspecified atom stereocenters. The van der Waals surface area contributed by atoms with Crippen LogP contribution in [0.25, 0.3) is 10.9 Å². The van der Waals surface area contributed by atoms with Gasteiger partial charge in [0.2, 0.25) is 5.88 Å². The summed E-state index contributed by atoms with van der Waals surface area (Å²) < 4.78 is 5.98. The maximum Gasteiger partial charge on any atom is 0.254 e. The summed E-state index contributed by atoms with van der Waals surface area (Å²) >= 11 is 1.54. The number of para-hydroxylation sites is 1. The van der Waals surface area contributed by atoms with Gasteiger partial charge in [-0.1, -0.05) is 18.2 Å². The molecule has 1 atom stereocenters. The molecule has 1 fully saturated rings. The standard InChI is InChI=1S/C18H16N2O2S/c21-18(14-8-10-23-12-14)20-9-7-15(11-20)22-17-6-5-13-3-1-2-4-16(13)19-17/h1-6,8,10,12,15H,7,9,11H2. The predicted octanol–water partition coefficient (Wildman–Crippen LogP) is 3.59. The third-order valence-corrected chi connectivity index (χ3v) is 4.74. The molecule has 116 valence electrons. The van der Waals surface area contributed by atoms with E-state index in [-0.39, 0.29) is 12.0 Å². The molecule has 4 rings (SSSR count). The number of hydrogen-bond donors (Lipinski definition) is 0. The largest absolute Gasteiger partial charge is 0.472 e. The second kappa shape index (κ2) is 6.01. The van der Waals surface area contributed by atoms with Gasteiger partial charge in [0.15, 0.2) is 0 Å². The topological polar surface area (TPSA) is 42.4 Å². The smallest absolute Gasteiger partial charge is 0.254 e. The molecule has 0 bridgehead atoms. The van der Waals surface area contributed by atoms with Crippen LogP contribution in [0.15, 0.2) is 53.2 Å². The number of likely N-dealkylation sites (tertiary alicyclic amines) is 1. The molecule has 2 aromatic heterocycles. The zero-order valence-electron chi connectivity index (χ0n) is 12.5. The van der Waals surface area contributed by atoms with Crippen molar-refractivity contribution in [1.82, 2.24) is 9.88 Å². The molecule has 23 heavy (non-hydrogen) atoms. The third kappa shape index (κ3) is 2.92. The van der Waals surface area contributed by atoms with Crippen LogP contribution in [0.2, 0.25) is 0 Å². The van der Waals surface area contributed by atoms with Gasteiger partial charge in [-0.2, -0.15) is 11.3 Å². The van der Waals surface area contributed by atoms with Crippen LogP contribution in [0.4, 0.5) is 0 Å². The van der Waals surface area contributed by atoms with Crippen molar-refractivity contribution in [3.8, 4) is 5.88 Å². The molecule has 1 aliphatic rings. The van der Waals surface area contributed by atoms with E-state index in [0.29, 0.717) is 12.4 Å². The molecule has 4 nitrogen and oxygen atoms in total. The highest BCUT2D eigenvalue weighted by Crippen LogP contribution is 2.21. The number of carbonyl (C=O) groups is 1. The van der Waals surface area contributed by atoms with Gasteiger partial charge in [-0.3, -0.25) is 4.79 Å². The Hall–Kier alpha value is -2.40. The highest BCUT2D eigenvalue weighted by molar-refractivity contribution is 7.08. The highest BCUT2D eigenvalue weighted by Gasteiger charge is 2.28. The molecule has 3 heterocycles. The summed E-state index contributed by atoms with van der Waals surface area (Å²) in [5, 5.41) is 4.91. The van der Waals surface area contributed by atoms with Gasteiger partial charge in [-0.05, 0) is 23.6 Å². The number of ether oxygens (including phenoxy) is 1. The Labute approximate surface area is 138 Å². The Morgan fingerprint density at radius 3 is 3.00 bits per heavy atom. The van der Waals surface area contributed by atoms with Gasteiger partial charge in [-0.15, -0.1) is 0 Å². The fourth-order valence-corrected chi connectivity index (χ4v) is 3.49. The van der Waals surface area contributed by atoms with Crippen molar-refractivity contribution >= 4 is 28.1 Å². The summed E-state index contributed by atoms with van der Waals surface area (Å²) in [7, 11) is 0. The van der Waals surface area contributed by atoms with Gasteiger partial charge in [0.25, 0.3) is 5.91 Å². The van der Waals surface area contributed by atoms with Gasteiger partial charge < -0.3 is 9.64 Å². The van der Waals surface area contributed by atoms with E-state index in [9.17, 15) is 4.79 Å². The summed E-state index contributed by atoms with van der Waals surface area (Å²) in [4.78, 5) is 18.7. The van der Waals surface area contributed by atoms with E-state index in [1.165, 1.54) is 0 Å². The Kier molecular flexibility index (Phi) is 3.71. The zero-order valence-corrected chi connectivity index (χ0v) is 13.3. The third-order valence-electron chi connectivity index (χ3n) is 4.06. The fraction of sp³-hybridized carbons (Fsp3) is 0.222. The van der Waals surface area contributed by atoms with E-state index in [4.69, 9.17) is 4.74 Å². The van der Waals surface area contributed by atoms with E-state index in [1.54, 1.807) is 11.3 Å². The second-order valence-corrected chi connectivity index (χ2v) is 6.41. The summed E-state index contributed by atoms with van der Waals surface area (Å²) in [6.45, 7) is 1.34. The summed E-state index contributed by atoms with van der Waals surface area (Å²) in [5.74, 6) is 0.711. The molecular weight excluding hydrogens is 308 g/mol. The summed E-state index contributed by atoms with van der Waals surface area (Å²) in [6, 6.07) is 13.7. The Morgan fingerprint density at radius 1 is 1.22 bits per heavy atom. The Morgan fingerprint density at radius 2 is 2.13 bits per heavy atom. The first kappa shape index (κ1) is 14.2. The Bertz CT molecular complexity index is 832. The number of rotatable bonds is 3. The van der Waals surface area contributed by atoms with Crippen LogP contribution in [-0.4, -0.2) is 35.0 Å². The van der Waals surface area contributed by atoms with Gasteiger partial charge in [-0.25, -0.2) is 4.98 Å². The predicted molar refractivity (Wildman–Crippen MR) is 91.0 cm³/mol. The summed E-state index contributed by atoms with van der Waals surface area (Å²) in [5.41, 5.74) is 1.69. The van der Waals surface area contributed by atoms with Crippen LogP contribution in [0, 0.1) is 0 Å². The lowest BCUT2D eigenvalue weighted by atomic mass is 10.2. The lowest BCUT2D eigenvalue weighted by molar-refractivity contribution is 0.0772. The van der Waals surface area contributed by atoms with Crippen molar-refractivity contribution in [3.63, 3.8) is 0 Å². The van der Waals surface area contributed by atoms with Crippen LogP contribution >= 0.6 is 11.3 Å². The van der Waals surface area contributed by atoms with Crippen LogP contribution in [0.5, 0.6) is 5.88 Å². The molecular formula is C18H16N2O2S. The normalized spacial score (nSPS) is 17.6.